The number of esters is 1. The molecule has 0 atom stereocenters. The van der Waals surface area contributed by atoms with Gasteiger partial charge in [0.25, 0.3) is 0 Å². The molecule has 0 spiro atoms. The number of carbonyl (C=O) groups is 1. The topological polar surface area (TPSA) is 47.9 Å². The van der Waals surface area contributed by atoms with Gasteiger partial charge in [-0.1, -0.05) is 5.16 Å². The number of hydrogen-bond acceptors (Lipinski definition) is 4. The summed E-state index contributed by atoms with van der Waals surface area (Å²) in [7, 11) is 1.27. The third-order valence-corrected chi connectivity index (χ3v) is 2.18. The molecule has 0 unspecified atom stereocenters. The molecule has 104 valence electrons. The Kier molecular flexibility index (Phi) is 4.52. The van der Waals surface area contributed by atoms with Crippen molar-refractivity contribution in [1.29, 1.82) is 0 Å². The predicted octanol–water partition coefficient (Wildman–Crippen LogP) is 3.00. The summed E-state index contributed by atoms with van der Waals surface area (Å²) in [5.74, 6) is -0.634. The molecule has 1 aromatic rings. The van der Waals surface area contributed by atoms with Gasteiger partial charge in [-0.05, 0) is 25.1 Å². The summed E-state index contributed by atoms with van der Waals surface area (Å²) in [6.07, 6.45) is -4.49. The average molecular weight is 275 g/mol. The van der Waals surface area contributed by atoms with Crippen molar-refractivity contribution in [2.24, 2.45) is 5.16 Å². The fraction of sp³-hybridized carbons (Fsp3) is 0.333. The third-order valence-electron chi connectivity index (χ3n) is 2.18. The van der Waals surface area contributed by atoms with Crippen LogP contribution in [0, 0.1) is 0 Å². The molecule has 1 aromatic carbocycles. The van der Waals surface area contributed by atoms with Crippen LogP contribution in [0.5, 0.6) is 5.75 Å². The van der Waals surface area contributed by atoms with Crippen LogP contribution in [0.2, 0.25) is 0 Å². The van der Waals surface area contributed by atoms with E-state index in [1.165, 1.54) is 14.0 Å². The second-order valence-corrected chi connectivity index (χ2v) is 3.66. The Balaban J connectivity index is 3.34. The lowest BCUT2D eigenvalue weighted by Crippen LogP contribution is -2.11. The number of nitrogens with zero attached hydrogens (tertiary/aromatic N) is 1. The van der Waals surface area contributed by atoms with Crippen molar-refractivity contribution >= 4 is 11.7 Å². The lowest BCUT2D eigenvalue weighted by atomic mass is 10.1. The van der Waals surface area contributed by atoms with Gasteiger partial charge in [-0.2, -0.15) is 13.2 Å². The first-order valence-electron chi connectivity index (χ1n) is 5.23. The van der Waals surface area contributed by atoms with Crippen LogP contribution < -0.4 is 4.74 Å². The summed E-state index contributed by atoms with van der Waals surface area (Å²) in [6, 6.07) is 2.77. The van der Waals surface area contributed by atoms with Crippen molar-refractivity contribution in [2.75, 3.05) is 7.11 Å². The Morgan fingerprint density at radius 3 is 2.37 bits per heavy atom. The second kappa shape index (κ2) is 5.73. The maximum absolute atomic E-state index is 12.6. The van der Waals surface area contributed by atoms with Crippen LogP contribution in [0.1, 0.15) is 25.0 Å². The Morgan fingerprint density at radius 1 is 1.26 bits per heavy atom. The monoisotopic (exact) mass is 275 g/mol. The van der Waals surface area contributed by atoms with E-state index in [1.54, 1.807) is 0 Å². The lowest BCUT2D eigenvalue weighted by Gasteiger charge is -2.12. The van der Waals surface area contributed by atoms with Gasteiger partial charge in [0.1, 0.15) is 12.9 Å². The molecule has 0 aliphatic carbocycles. The molecular formula is C12H12F3NO3. The van der Waals surface area contributed by atoms with Crippen LogP contribution in [0.4, 0.5) is 13.2 Å². The van der Waals surface area contributed by atoms with Crippen molar-refractivity contribution in [3.8, 4) is 5.75 Å². The molecule has 19 heavy (non-hydrogen) atoms. The fourth-order valence-corrected chi connectivity index (χ4v) is 1.42. The van der Waals surface area contributed by atoms with E-state index in [2.05, 4.69) is 9.99 Å². The van der Waals surface area contributed by atoms with E-state index in [9.17, 15) is 18.0 Å². The van der Waals surface area contributed by atoms with Crippen LogP contribution in [0.3, 0.4) is 0 Å². The van der Waals surface area contributed by atoms with Crippen molar-refractivity contribution in [2.45, 2.75) is 20.0 Å². The Hall–Kier alpha value is -2.05. The summed E-state index contributed by atoms with van der Waals surface area (Å²) in [6.45, 7) is 2.61. The summed E-state index contributed by atoms with van der Waals surface area (Å²) in [5, 5.41) is 3.54. The zero-order chi connectivity index (χ0) is 14.6. The summed E-state index contributed by atoms with van der Waals surface area (Å²) < 4.78 is 42.7. The quantitative estimate of drug-likeness (QED) is 0.369. The van der Waals surface area contributed by atoms with Gasteiger partial charge >= 0.3 is 12.1 Å². The summed E-state index contributed by atoms with van der Waals surface area (Å²) >= 11 is 0. The normalized spacial score (nSPS) is 12.2. The number of hydrogen-bond donors (Lipinski definition) is 0. The molecular weight excluding hydrogens is 263 g/mol. The van der Waals surface area contributed by atoms with Crippen molar-refractivity contribution in [1.82, 2.24) is 0 Å². The molecule has 0 aromatic heterocycles. The fourth-order valence-electron chi connectivity index (χ4n) is 1.42. The van der Waals surface area contributed by atoms with E-state index < -0.39 is 17.7 Å². The molecule has 0 radical (unpaired) electrons. The molecule has 0 bridgehead atoms. The van der Waals surface area contributed by atoms with Crippen molar-refractivity contribution in [3.63, 3.8) is 0 Å². The van der Waals surface area contributed by atoms with Gasteiger partial charge in [0.2, 0.25) is 0 Å². The molecule has 4 nitrogen and oxygen atoms in total. The molecule has 0 N–H and O–H groups in total. The molecule has 0 amide bonds. The number of halogens is 3. The third kappa shape index (κ3) is 3.97. The molecule has 0 heterocycles. The molecule has 7 heteroatoms. The van der Waals surface area contributed by atoms with Crippen LogP contribution in [0.15, 0.2) is 23.4 Å². The average Bonchev–Trinajstić information content (AvgIpc) is 2.27. The zero-order valence-electron chi connectivity index (χ0n) is 10.5. The predicted molar refractivity (Wildman–Crippen MR) is 62.0 cm³/mol. The van der Waals surface area contributed by atoms with E-state index in [0.29, 0.717) is 0 Å². The lowest BCUT2D eigenvalue weighted by molar-refractivity contribution is -0.137. The molecule has 0 aliphatic rings. The Morgan fingerprint density at radius 2 is 1.89 bits per heavy atom. The van der Waals surface area contributed by atoms with Gasteiger partial charge in [0, 0.05) is 12.5 Å². The second-order valence-electron chi connectivity index (χ2n) is 3.66. The minimum absolute atomic E-state index is 0.00111. The first-order chi connectivity index (χ1) is 8.75. The number of carbonyl (C=O) groups excluding carboxylic acids is 1. The van der Waals surface area contributed by atoms with Gasteiger partial charge < -0.3 is 9.57 Å². The first kappa shape index (κ1) is 15.0. The molecule has 0 saturated carbocycles. The Bertz CT molecular complexity index is 509. The number of alkyl halides is 3. The highest BCUT2D eigenvalue weighted by molar-refractivity contribution is 6.01. The van der Waals surface area contributed by atoms with Crippen LogP contribution in [0.25, 0.3) is 0 Å². The van der Waals surface area contributed by atoms with Gasteiger partial charge in [0.15, 0.2) is 0 Å². The number of rotatable bonds is 3. The highest BCUT2D eigenvalue weighted by Crippen LogP contribution is 2.33. The zero-order valence-corrected chi connectivity index (χ0v) is 10.5. The van der Waals surface area contributed by atoms with Crippen LogP contribution in [-0.4, -0.2) is 18.8 Å². The van der Waals surface area contributed by atoms with Gasteiger partial charge in [0.05, 0.1) is 11.3 Å². The molecule has 0 fully saturated rings. The minimum Gasteiger partial charge on any atom is -0.426 e. The first-order valence-corrected chi connectivity index (χ1v) is 5.23. The standard InChI is InChI=1S/C12H12F3NO3/c1-7(16-18-3)10-6-9(12(13,14)15)4-5-11(10)19-8(2)17/h4-6H,1-3H3/b16-7+. The summed E-state index contributed by atoms with van der Waals surface area (Å²) in [5.41, 5.74) is -0.638. The number of benzene rings is 1. The van der Waals surface area contributed by atoms with Gasteiger partial charge in [-0.3, -0.25) is 4.79 Å². The van der Waals surface area contributed by atoms with Gasteiger partial charge in [-0.25, -0.2) is 0 Å². The van der Waals surface area contributed by atoms with E-state index in [0.717, 1.165) is 25.1 Å². The van der Waals surface area contributed by atoms with E-state index >= 15 is 0 Å². The molecule has 0 aliphatic heterocycles. The number of ether oxygens (including phenoxy) is 1. The maximum Gasteiger partial charge on any atom is 0.416 e. The SMILES string of the molecule is CO/N=C(\C)c1cc(C(F)(F)F)ccc1OC(C)=O. The largest absolute Gasteiger partial charge is 0.426 e. The van der Waals surface area contributed by atoms with E-state index in [4.69, 9.17) is 4.74 Å². The molecule has 1 rings (SSSR count). The van der Waals surface area contributed by atoms with E-state index in [1.807, 2.05) is 0 Å². The highest BCUT2D eigenvalue weighted by Gasteiger charge is 2.31. The van der Waals surface area contributed by atoms with Crippen molar-refractivity contribution in [3.05, 3.63) is 29.3 Å². The minimum atomic E-state index is -4.49. The van der Waals surface area contributed by atoms with Crippen molar-refractivity contribution < 1.29 is 27.5 Å². The van der Waals surface area contributed by atoms with Gasteiger partial charge in [-0.15, -0.1) is 0 Å². The highest BCUT2D eigenvalue weighted by atomic mass is 19.4. The maximum atomic E-state index is 12.6. The molecule has 0 saturated heterocycles. The smallest absolute Gasteiger partial charge is 0.416 e. The number of oxime groups is 1. The Labute approximate surface area is 107 Å². The van der Waals surface area contributed by atoms with Crippen LogP contribution in [-0.2, 0) is 15.8 Å². The van der Waals surface area contributed by atoms with Crippen LogP contribution >= 0.6 is 0 Å². The summed E-state index contributed by atoms with van der Waals surface area (Å²) in [4.78, 5) is 15.4. The van der Waals surface area contributed by atoms with E-state index in [-0.39, 0.29) is 17.0 Å².